The predicted molar refractivity (Wildman–Crippen MR) is 69.7 cm³/mol. The molecule has 18 heavy (non-hydrogen) atoms. The van der Waals surface area contributed by atoms with Crippen LogP contribution < -0.4 is 0 Å². The molecule has 0 N–H and O–H groups in total. The lowest BCUT2D eigenvalue weighted by atomic mass is 10.1. The standard InChI is InChI=1S/C13H13NO3S/c1-8-11(4-5-18-8)16-13(15)9-2-3-12-10(6-9)7-14-17-12/h2-3,6-8,11H,4-5H2,1H3. The van der Waals surface area contributed by atoms with Crippen LogP contribution in [0.15, 0.2) is 28.9 Å². The average Bonchev–Trinajstić information content (AvgIpc) is 2.98. The van der Waals surface area contributed by atoms with Crippen LogP contribution in [0.5, 0.6) is 0 Å². The molecule has 0 radical (unpaired) electrons. The Morgan fingerprint density at radius 2 is 2.44 bits per heavy atom. The van der Waals surface area contributed by atoms with Gasteiger partial charge < -0.3 is 9.26 Å². The van der Waals surface area contributed by atoms with Crippen LogP contribution in [-0.2, 0) is 4.74 Å². The van der Waals surface area contributed by atoms with Crippen molar-refractivity contribution in [2.75, 3.05) is 5.75 Å². The van der Waals surface area contributed by atoms with Gasteiger partial charge in [0.05, 0.1) is 11.8 Å². The molecule has 1 aromatic carbocycles. The number of ether oxygens (including phenoxy) is 1. The molecule has 1 saturated heterocycles. The zero-order valence-electron chi connectivity index (χ0n) is 9.96. The number of carbonyl (C=O) groups is 1. The van der Waals surface area contributed by atoms with Gasteiger partial charge in [-0.2, -0.15) is 11.8 Å². The van der Waals surface area contributed by atoms with Crippen LogP contribution in [0.2, 0.25) is 0 Å². The number of esters is 1. The number of hydrogen-bond acceptors (Lipinski definition) is 5. The number of fused-ring (bicyclic) bond motifs is 1. The fourth-order valence-electron chi connectivity index (χ4n) is 2.07. The van der Waals surface area contributed by atoms with Crippen LogP contribution in [0.1, 0.15) is 23.7 Å². The zero-order valence-corrected chi connectivity index (χ0v) is 10.8. The van der Waals surface area contributed by atoms with Crippen molar-refractivity contribution in [3.63, 3.8) is 0 Å². The highest BCUT2D eigenvalue weighted by Gasteiger charge is 2.27. The Morgan fingerprint density at radius 3 is 3.22 bits per heavy atom. The minimum Gasteiger partial charge on any atom is -0.458 e. The quantitative estimate of drug-likeness (QED) is 0.780. The van der Waals surface area contributed by atoms with Crippen molar-refractivity contribution >= 4 is 28.7 Å². The van der Waals surface area contributed by atoms with Crippen molar-refractivity contribution in [1.29, 1.82) is 0 Å². The molecule has 1 aliphatic rings. The maximum atomic E-state index is 12.0. The van der Waals surface area contributed by atoms with Gasteiger partial charge >= 0.3 is 5.97 Å². The summed E-state index contributed by atoms with van der Waals surface area (Å²) in [5.74, 6) is 0.793. The summed E-state index contributed by atoms with van der Waals surface area (Å²) >= 11 is 1.84. The van der Waals surface area contributed by atoms with E-state index in [1.54, 1.807) is 24.4 Å². The van der Waals surface area contributed by atoms with Gasteiger partial charge in [-0.3, -0.25) is 0 Å². The van der Waals surface area contributed by atoms with E-state index in [2.05, 4.69) is 12.1 Å². The van der Waals surface area contributed by atoms with Crippen LogP contribution in [0, 0.1) is 0 Å². The number of benzene rings is 1. The number of carbonyl (C=O) groups excluding carboxylic acids is 1. The molecule has 3 rings (SSSR count). The third-order valence-corrected chi connectivity index (χ3v) is 4.45. The molecular weight excluding hydrogens is 250 g/mol. The highest BCUT2D eigenvalue weighted by Crippen LogP contribution is 2.29. The first kappa shape index (κ1) is 11.6. The van der Waals surface area contributed by atoms with E-state index in [-0.39, 0.29) is 12.1 Å². The van der Waals surface area contributed by atoms with Crippen molar-refractivity contribution in [2.45, 2.75) is 24.7 Å². The number of aromatic nitrogens is 1. The first-order valence-corrected chi connectivity index (χ1v) is 6.96. The van der Waals surface area contributed by atoms with Crippen molar-refractivity contribution < 1.29 is 14.1 Å². The van der Waals surface area contributed by atoms with Gasteiger partial charge in [-0.25, -0.2) is 4.79 Å². The van der Waals surface area contributed by atoms with Crippen molar-refractivity contribution in [2.24, 2.45) is 0 Å². The molecule has 4 nitrogen and oxygen atoms in total. The first-order valence-electron chi connectivity index (χ1n) is 5.91. The largest absolute Gasteiger partial charge is 0.458 e. The van der Waals surface area contributed by atoms with Gasteiger partial charge in [-0.05, 0) is 37.3 Å². The molecular formula is C13H13NO3S. The third-order valence-electron chi connectivity index (χ3n) is 3.15. The molecule has 2 heterocycles. The summed E-state index contributed by atoms with van der Waals surface area (Å²) < 4.78 is 10.5. The van der Waals surface area contributed by atoms with E-state index in [1.165, 1.54) is 0 Å². The van der Waals surface area contributed by atoms with E-state index >= 15 is 0 Å². The van der Waals surface area contributed by atoms with Crippen molar-refractivity contribution in [3.05, 3.63) is 30.0 Å². The second-order valence-electron chi connectivity index (χ2n) is 4.39. The van der Waals surface area contributed by atoms with Crippen LogP contribution in [0.3, 0.4) is 0 Å². The normalized spacial score (nSPS) is 23.4. The molecule has 0 spiro atoms. The summed E-state index contributed by atoms with van der Waals surface area (Å²) in [4.78, 5) is 12.0. The van der Waals surface area contributed by atoms with Gasteiger partial charge in [0.15, 0.2) is 5.58 Å². The summed E-state index contributed by atoms with van der Waals surface area (Å²) in [6.45, 7) is 2.10. The summed E-state index contributed by atoms with van der Waals surface area (Å²) in [5.41, 5.74) is 1.23. The molecule has 94 valence electrons. The molecule has 0 saturated carbocycles. The summed E-state index contributed by atoms with van der Waals surface area (Å²) in [6, 6.07) is 5.20. The molecule has 2 atom stereocenters. The lowest BCUT2D eigenvalue weighted by Gasteiger charge is -2.15. The first-order chi connectivity index (χ1) is 8.74. The minimum absolute atomic E-state index is 0.0284. The van der Waals surface area contributed by atoms with E-state index in [4.69, 9.17) is 9.26 Å². The SMILES string of the molecule is CC1SCCC1OC(=O)c1ccc2oncc2c1. The molecule has 1 aliphatic heterocycles. The number of hydrogen-bond donors (Lipinski definition) is 0. The van der Waals surface area contributed by atoms with Gasteiger partial charge in [0.25, 0.3) is 0 Å². The molecule has 0 aliphatic carbocycles. The topological polar surface area (TPSA) is 52.3 Å². The fourth-order valence-corrected chi connectivity index (χ4v) is 3.22. The van der Waals surface area contributed by atoms with Crippen LogP contribution in [0.25, 0.3) is 11.0 Å². The molecule has 1 fully saturated rings. The highest BCUT2D eigenvalue weighted by molar-refractivity contribution is 8.00. The summed E-state index contributed by atoms with van der Waals surface area (Å²) in [5, 5.41) is 4.89. The lowest BCUT2D eigenvalue weighted by Crippen LogP contribution is -2.22. The summed E-state index contributed by atoms with van der Waals surface area (Å²) in [6.07, 6.45) is 2.56. The van der Waals surface area contributed by atoms with Gasteiger partial charge in [-0.1, -0.05) is 5.16 Å². The van der Waals surface area contributed by atoms with Gasteiger partial charge in [0.2, 0.25) is 0 Å². The Labute approximate surface area is 109 Å². The number of nitrogens with zero attached hydrogens (tertiary/aromatic N) is 1. The Hall–Kier alpha value is -1.49. The monoisotopic (exact) mass is 263 g/mol. The predicted octanol–water partition coefficient (Wildman–Crippen LogP) is 2.88. The lowest BCUT2D eigenvalue weighted by molar-refractivity contribution is 0.0314. The van der Waals surface area contributed by atoms with Gasteiger partial charge in [-0.15, -0.1) is 0 Å². The minimum atomic E-state index is -0.266. The Bertz CT molecular complexity index is 580. The maximum absolute atomic E-state index is 12.0. The van der Waals surface area contributed by atoms with Gasteiger partial charge in [0.1, 0.15) is 6.10 Å². The van der Waals surface area contributed by atoms with Gasteiger partial charge in [0, 0.05) is 10.6 Å². The smallest absolute Gasteiger partial charge is 0.338 e. The Balaban J connectivity index is 1.78. The zero-order chi connectivity index (χ0) is 12.5. The van der Waals surface area contributed by atoms with Crippen LogP contribution >= 0.6 is 11.8 Å². The highest BCUT2D eigenvalue weighted by atomic mass is 32.2. The van der Waals surface area contributed by atoms with E-state index < -0.39 is 0 Å². The van der Waals surface area contributed by atoms with E-state index in [1.807, 2.05) is 11.8 Å². The molecule has 5 heteroatoms. The van der Waals surface area contributed by atoms with E-state index in [0.717, 1.165) is 17.6 Å². The Morgan fingerprint density at radius 1 is 1.56 bits per heavy atom. The molecule has 2 aromatic rings. The number of rotatable bonds is 2. The third kappa shape index (κ3) is 2.10. The second kappa shape index (κ2) is 4.65. The van der Waals surface area contributed by atoms with Crippen LogP contribution in [0.4, 0.5) is 0 Å². The van der Waals surface area contributed by atoms with Crippen molar-refractivity contribution in [1.82, 2.24) is 5.16 Å². The summed E-state index contributed by atoms with van der Waals surface area (Å²) in [7, 11) is 0. The Kier molecular flexibility index (Phi) is 2.99. The molecule has 2 unspecified atom stereocenters. The van der Waals surface area contributed by atoms with Crippen LogP contribution in [-0.4, -0.2) is 28.2 Å². The van der Waals surface area contributed by atoms with Crippen molar-refractivity contribution in [3.8, 4) is 0 Å². The number of thioether (sulfide) groups is 1. The molecule has 0 amide bonds. The second-order valence-corrected chi connectivity index (χ2v) is 5.87. The molecule has 1 aromatic heterocycles. The van der Waals surface area contributed by atoms with E-state index in [9.17, 15) is 4.79 Å². The molecule has 0 bridgehead atoms. The fraction of sp³-hybridized carbons (Fsp3) is 0.385. The van der Waals surface area contributed by atoms with E-state index in [0.29, 0.717) is 16.4 Å². The average molecular weight is 263 g/mol. The maximum Gasteiger partial charge on any atom is 0.338 e.